The predicted octanol–water partition coefficient (Wildman–Crippen LogP) is 4.96. The van der Waals surface area contributed by atoms with Gasteiger partial charge < -0.3 is 20.0 Å². The summed E-state index contributed by atoms with van der Waals surface area (Å²) in [6.07, 6.45) is 5.48. The van der Waals surface area contributed by atoms with Gasteiger partial charge in [0.15, 0.2) is 11.3 Å². The maximum absolute atomic E-state index is 13.4. The van der Waals surface area contributed by atoms with E-state index in [1.54, 1.807) is 18.5 Å². The number of nitriles is 1. The zero-order valence-electron chi connectivity index (χ0n) is 19.8. The number of nitrogens with one attached hydrogen (secondary N) is 2. The van der Waals surface area contributed by atoms with E-state index in [-0.39, 0.29) is 29.0 Å². The third-order valence-corrected chi connectivity index (χ3v) is 7.23. The molecule has 1 saturated heterocycles. The highest BCUT2D eigenvalue weighted by molar-refractivity contribution is 9.10. The zero-order chi connectivity index (χ0) is 25.1. The van der Waals surface area contributed by atoms with Crippen LogP contribution in [0.2, 0.25) is 0 Å². The molecule has 0 radical (unpaired) electrons. The Bertz CT molecular complexity index is 1440. The molecule has 8 nitrogen and oxygen atoms in total. The van der Waals surface area contributed by atoms with Gasteiger partial charge in [-0.15, -0.1) is 0 Å². The molecule has 9 heteroatoms. The molecule has 36 heavy (non-hydrogen) atoms. The second-order valence-electron chi connectivity index (χ2n) is 8.89. The summed E-state index contributed by atoms with van der Waals surface area (Å²) in [6, 6.07) is 15.6. The third kappa shape index (κ3) is 4.96. The van der Waals surface area contributed by atoms with Gasteiger partial charge in [-0.2, -0.15) is 5.26 Å². The Morgan fingerprint density at radius 3 is 2.81 bits per heavy atom. The lowest BCUT2D eigenvalue weighted by Crippen LogP contribution is -2.37. The summed E-state index contributed by atoms with van der Waals surface area (Å²) >= 11 is 3.62. The number of furan rings is 1. The third-order valence-electron chi connectivity index (χ3n) is 6.43. The zero-order valence-corrected chi connectivity index (χ0v) is 21.4. The summed E-state index contributed by atoms with van der Waals surface area (Å²) in [5.41, 5.74) is 3.35. The number of rotatable bonds is 6. The molecule has 4 aromatic rings. The Morgan fingerprint density at radius 2 is 2.06 bits per heavy atom. The van der Waals surface area contributed by atoms with E-state index in [9.17, 15) is 10.1 Å². The van der Waals surface area contributed by atoms with Gasteiger partial charge in [-0.05, 0) is 66.1 Å². The first-order valence-corrected chi connectivity index (χ1v) is 12.6. The number of benzene rings is 1. The molecular weight excluding hydrogens is 520 g/mol. The van der Waals surface area contributed by atoms with Gasteiger partial charge in [0, 0.05) is 42.0 Å². The van der Waals surface area contributed by atoms with Crippen molar-refractivity contribution in [3.63, 3.8) is 0 Å². The van der Waals surface area contributed by atoms with Crippen molar-refractivity contribution < 1.29 is 9.21 Å². The van der Waals surface area contributed by atoms with Gasteiger partial charge in [0.1, 0.15) is 11.9 Å². The van der Waals surface area contributed by atoms with Crippen molar-refractivity contribution in [3.8, 4) is 17.2 Å². The van der Waals surface area contributed by atoms with E-state index < -0.39 is 0 Å². The van der Waals surface area contributed by atoms with E-state index in [0.717, 1.165) is 42.6 Å². The van der Waals surface area contributed by atoms with Crippen LogP contribution in [0.25, 0.3) is 22.1 Å². The highest BCUT2D eigenvalue weighted by Crippen LogP contribution is 2.35. The SMILES string of the molecule is CN1CCC(Nc2nc(C(=O)NCc3ccccc3-c3cccnc3)c3oc(C#N)cc3c2Br)CC1. The lowest BCUT2D eigenvalue weighted by Gasteiger charge is -2.30. The number of anilines is 1. The van der Waals surface area contributed by atoms with Crippen LogP contribution in [0.1, 0.15) is 34.7 Å². The van der Waals surface area contributed by atoms with E-state index in [1.807, 2.05) is 42.5 Å². The Balaban J connectivity index is 1.44. The number of aromatic nitrogens is 2. The minimum atomic E-state index is -0.376. The summed E-state index contributed by atoms with van der Waals surface area (Å²) in [4.78, 5) is 24.6. The number of likely N-dealkylation sites (tertiary alicyclic amines) is 1. The largest absolute Gasteiger partial charge is 0.443 e. The average Bonchev–Trinajstić information content (AvgIpc) is 3.36. The molecule has 1 amide bonds. The first-order chi connectivity index (χ1) is 17.5. The summed E-state index contributed by atoms with van der Waals surface area (Å²) in [5, 5.41) is 16.5. The predicted molar refractivity (Wildman–Crippen MR) is 141 cm³/mol. The molecule has 4 heterocycles. The fraction of sp³-hybridized carbons (Fsp3) is 0.259. The minimum Gasteiger partial charge on any atom is -0.443 e. The number of hydrogen-bond acceptors (Lipinski definition) is 7. The van der Waals surface area contributed by atoms with Crippen LogP contribution in [0, 0.1) is 11.3 Å². The molecule has 1 aromatic carbocycles. The molecule has 0 unspecified atom stereocenters. The lowest BCUT2D eigenvalue weighted by atomic mass is 10.0. The van der Waals surface area contributed by atoms with E-state index in [2.05, 4.69) is 48.5 Å². The second kappa shape index (κ2) is 10.5. The Morgan fingerprint density at radius 1 is 1.25 bits per heavy atom. The summed E-state index contributed by atoms with van der Waals surface area (Å²) < 4.78 is 6.38. The van der Waals surface area contributed by atoms with E-state index >= 15 is 0 Å². The highest BCUT2D eigenvalue weighted by Gasteiger charge is 2.24. The van der Waals surface area contributed by atoms with Crippen LogP contribution in [0.4, 0.5) is 5.82 Å². The van der Waals surface area contributed by atoms with Gasteiger partial charge in [-0.25, -0.2) is 4.98 Å². The van der Waals surface area contributed by atoms with Crippen LogP contribution >= 0.6 is 15.9 Å². The quantitative estimate of drug-likeness (QED) is 0.353. The van der Waals surface area contributed by atoms with Gasteiger partial charge >= 0.3 is 0 Å². The summed E-state index contributed by atoms with van der Waals surface area (Å²) in [6.45, 7) is 2.28. The Kier molecular flexibility index (Phi) is 6.98. The van der Waals surface area contributed by atoms with Crippen molar-refractivity contribution in [2.45, 2.75) is 25.4 Å². The van der Waals surface area contributed by atoms with Crippen LogP contribution in [-0.4, -0.2) is 47.0 Å². The molecule has 2 N–H and O–H groups in total. The molecule has 3 aromatic heterocycles. The lowest BCUT2D eigenvalue weighted by molar-refractivity contribution is 0.0947. The second-order valence-corrected chi connectivity index (χ2v) is 9.68. The number of amides is 1. The Labute approximate surface area is 217 Å². The van der Waals surface area contributed by atoms with E-state index in [0.29, 0.717) is 22.2 Å². The van der Waals surface area contributed by atoms with Gasteiger partial charge in [0.2, 0.25) is 5.76 Å². The molecule has 1 aliphatic rings. The van der Waals surface area contributed by atoms with Gasteiger partial charge in [0.25, 0.3) is 5.91 Å². The van der Waals surface area contributed by atoms with Crippen LogP contribution in [0.3, 0.4) is 0 Å². The average molecular weight is 545 g/mol. The van der Waals surface area contributed by atoms with Crippen molar-refractivity contribution in [1.29, 1.82) is 5.26 Å². The number of nitrogens with zero attached hydrogens (tertiary/aromatic N) is 4. The smallest absolute Gasteiger partial charge is 0.274 e. The fourth-order valence-electron chi connectivity index (χ4n) is 4.46. The summed E-state index contributed by atoms with van der Waals surface area (Å²) in [7, 11) is 2.11. The molecule has 0 bridgehead atoms. The molecular formula is C27H25BrN6O2. The molecule has 0 aliphatic carbocycles. The van der Waals surface area contributed by atoms with Crippen molar-refractivity contribution >= 4 is 38.6 Å². The standard InChI is InChI=1S/C27H25BrN6O2/c1-34-11-8-19(9-12-34)32-26-23(28)22-13-20(14-29)36-25(22)24(33-26)27(35)31-16-18-5-2-3-7-21(18)17-6-4-10-30-15-17/h2-7,10,13,15,19H,8-9,11-12,16H2,1H3,(H,31,35)(H,32,33). The number of carbonyl (C=O) groups excluding carboxylic acids is 1. The molecule has 1 fully saturated rings. The highest BCUT2D eigenvalue weighted by atomic mass is 79.9. The van der Waals surface area contributed by atoms with Crippen LogP contribution in [0.15, 0.2) is 63.7 Å². The van der Waals surface area contributed by atoms with Gasteiger partial charge in [0.05, 0.1) is 4.47 Å². The normalized spacial score (nSPS) is 14.5. The minimum absolute atomic E-state index is 0.125. The van der Waals surface area contributed by atoms with Crippen LogP contribution in [-0.2, 0) is 6.54 Å². The summed E-state index contributed by atoms with van der Waals surface area (Å²) in [5.74, 6) is 0.321. The fourth-order valence-corrected chi connectivity index (χ4v) is 4.96. The molecule has 0 spiro atoms. The van der Waals surface area contributed by atoms with Crippen molar-refractivity contribution in [1.82, 2.24) is 20.2 Å². The number of halogens is 1. The number of piperidine rings is 1. The number of pyridine rings is 2. The van der Waals surface area contributed by atoms with Crippen molar-refractivity contribution in [2.75, 3.05) is 25.5 Å². The van der Waals surface area contributed by atoms with Gasteiger partial charge in [-0.1, -0.05) is 30.3 Å². The number of hydrogen-bond donors (Lipinski definition) is 2. The van der Waals surface area contributed by atoms with Crippen molar-refractivity contribution in [3.05, 3.63) is 76.3 Å². The van der Waals surface area contributed by atoms with Crippen LogP contribution in [0.5, 0.6) is 0 Å². The van der Waals surface area contributed by atoms with E-state index in [1.165, 1.54) is 0 Å². The molecule has 0 atom stereocenters. The topological polar surface area (TPSA) is 107 Å². The monoisotopic (exact) mass is 544 g/mol. The van der Waals surface area contributed by atoms with Crippen molar-refractivity contribution in [2.24, 2.45) is 0 Å². The number of carbonyl (C=O) groups is 1. The first-order valence-electron chi connectivity index (χ1n) is 11.8. The maximum Gasteiger partial charge on any atom is 0.274 e. The molecule has 1 aliphatic heterocycles. The first kappa shape index (κ1) is 24.0. The molecule has 182 valence electrons. The molecule has 0 saturated carbocycles. The van der Waals surface area contributed by atoms with E-state index in [4.69, 9.17) is 4.42 Å². The Hall–Kier alpha value is -3.74. The van der Waals surface area contributed by atoms with Gasteiger partial charge in [-0.3, -0.25) is 9.78 Å². The van der Waals surface area contributed by atoms with Crippen LogP contribution < -0.4 is 10.6 Å². The maximum atomic E-state index is 13.4. The molecule has 5 rings (SSSR count). The number of fused-ring (bicyclic) bond motifs is 1.